The molecule has 2 rings (SSSR count). The summed E-state index contributed by atoms with van der Waals surface area (Å²) in [5, 5.41) is 3.75. The van der Waals surface area contributed by atoms with Gasteiger partial charge in [0.25, 0.3) is 0 Å². The van der Waals surface area contributed by atoms with Crippen molar-refractivity contribution in [3.63, 3.8) is 0 Å². The summed E-state index contributed by atoms with van der Waals surface area (Å²) in [5.41, 5.74) is 4.27. The predicted octanol–water partition coefficient (Wildman–Crippen LogP) is 4.83. The highest BCUT2D eigenvalue weighted by Gasteiger charge is 2.07. The van der Waals surface area contributed by atoms with E-state index >= 15 is 0 Å². The number of allylic oxidation sites excluding steroid dienone is 1. The molecule has 2 aromatic rings. The molecule has 0 radical (unpaired) electrons. The first-order chi connectivity index (χ1) is 13.6. The Hall–Kier alpha value is -2.79. The summed E-state index contributed by atoms with van der Waals surface area (Å²) in [6, 6.07) is 12.1. The average molecular weight is 383 g/mol. The fraction of sp³-hybridized carbons (Fsp3) is 0.348. The Morgan fingerprint density at radius 2 is 1.71 bits per heavy atom. The maximum atomic E-state index is 5.83. The molecule has 0 atom stereocenters. The van der Waals surface area contributed by atoms with E-state index in [1.54, 1.807) is 6.21 Å². The second-order valence-corrected chi connectivity index (χ2v) is 6.35. The smallest absolute Gasteiger partial charge is 0.189 e. The molecule has 0 spiro atoms. The molecule has 0 heterocycles. The van der Waals surface area contributed by atoms with Gasteiger partial charge < -0.3 is 19.0 Å². The van der Waals surface area contributed by atoms with Crippen LogP contribution in [0.1, 0.15) is 29.2 Å². The van der Waals surface area contributed by atoms with Crippen LogP contribution in [-0.4, -0.2) is 33.3 Å². The molecule has 0 amide bonds. The molecule has 0 aliphatic rings. The fourth-order valence-electron chi connectivity index (χ4n) is 2.70. The Morgan fingerprint density at radius 3 is 2.36 bits per heavy atom. The lowest BCUT2D eigenvalue weighted by molar-refractivity contribution is 0.0161. The van der Waals surface area contributed by atoms with E-state index in [2.05, 4.69) is 22.1 Å². The topological polar surface area (TPSA) is 49.3 Å². The van der Waals surface area contributed by atoms with Crippen molar-refractivity contribution < 1.29 is 19.0 Å². The highest BCUT2D eigenvalue weighted by molar-refractivity contribution is 5.79. The van der Waals surface area contributed by atoms with Gasteiger partial charge in [-0.25, -0.2) is 0 Å². The van der Waals surface area contributed by atoms with E-state index in [1.165, 1.54) is 12.7 Å². The van der Waals surface area contributed by atoms with Crippen molar-refractivity contribution in [3.8, 4) is 11.5 Å². The van der Waals surface area contributed by atoms with Gasteiger partial charge in [0, 0.05) is 0 Å². The van der Waals surface area contributed by atoms with Crippen molar-refractivity contribution >= 4 is 6.21 Å². The number of hydrogen-bond acceptors (Lipinski definition) is 5. The Balaban J connectivity index is 1.76. The Bertz CT molecular complexity index is 759. The van der Waals surface area contributed by atoms with Crippen LogP contribution in [0.2, 0.25) is 0 Å². The highest BCUT2D eigenvalue weighted by Crippen LogP contribution is 2.28. The molecule has 0 unspecified atom stereocenters. The number of nitrogens with zero attached hydrogens (tertiary/aromatic N) is 1. The molecule has 5 nitrogen and oxygen atoms in total. The van der Waals surface area contributed by atoms with Crippen LogP contribution in [0.4, 0.5) is 0 Å². The molecule has 2 aromatic carbocycles. The molecule has 0 aromatic heterocycles. The van der Waals surface area contributed by atoms with Gasteiger partial charge in [-0.1, -0.05) is 41.6 Å². The van der Waals surface area contributed by atoms with Crippen LogP contribution in [0, 0.1) is 13.8 Å². The van der Waals surface area contributed by atoms with Crippen LogP contribution in [0.25, 0.3) is 0 Å². The summed E-state index contributed by atoms with van der Waals surface area (Å²) < 4.78 is 17.2. The van der Waals surface area contributed by atoms with Gasteiger partial charge in [-0.2, -0.15) is 0 Å². The van der Waals surface area contributed by atoms with E-state index in [9.17, 15) is 0 Å². The van der Waals surface area contributed by atoms with Gasteiger partial charge in [0.1, 0.15) is 25.2 Å². The lowest BCUT2D eigenvalue weighted by Gasteiger charge is -2.14. The third kappa shape index (κ3) is 7.08. The zero-order valence-corrected chi connectivity index (χ0v) is 17.1. The SMILES string of the molecule is C/C=C/COc1cc(C)c(OCOCCc2ccc(C=NOC)cc2)c(C)c1. The van der Waals surface area contributed by atoms with Gasteiger partial charge in [0.15, 0.2) is 6.79 Å². The van der Waals surface area contributed by atoms with Gasteiger partial charge in [-0.15, -0.1) is 0 Å². The lowest BCUT2D eigenvalue weighted by atomic mass is 10.1. The number of benzene rings is 2. The van der Waals surface area contributed by atoms with Crippen molar-refractivity contribution in [2.75, 3.05) is 27.1 Å². The maximum absolute atomic E-state index is 5.83. The van der Waals surface area contributed by atoms with Gasteiger partial charge in [0.2, 0.25) is 0 Å². The molecule has 0 aliphatic heterocycles. The van der Waals surface area contributed by atoms with E-state index in [0.29, 0.717) is 13.2 Å². The largest absolute Gasteiger partial charge is 0.490 e. The molecule has 0 saturated heterocycles. The first-order valence-electron chi connectivity index (χ1n) is 9.35. The Labute approximate surface area is 167 Å². The molecule has 28 heavy (non-hydrogen) atoms. The summed E-state index contributed by atoms with van der Waals surface area (Å²) in [7, 11) is 1.53. The molecule has 0 fully saturated rings. The minimum atomic E-state index is 0.221. The second kappa shape index (κ2) is 11.8. The predicted molar refractivity (Wildman–Crippen MR) is 112 cm³/mol. The second-order valence-electron chi connectivity index (χ2n) is 6.35. The van der Waals surface area contributed by atoms with E-state index in [-0.39, 0.29) is 6.79 Å². The van der Waals surface area contributed by atoms with Gasteiger partial charge >= 0.3 is 0 Å². The van der Waals surface area contributed by atoms with Crippen LogP contribution < -0.4 is 9.47 Å². The van der Waals surface area contributed by atoms with Crippen LogP contribution in [0.15, 0.2) is 53.7 Å². The molecule has 5 heteroatoms. The van der Waals surface area contributed by atoms with Crippen molar-refractivity contribution in [3.05, 3.63) is 70.8 Å². The third-order valence-corrected chi connectivity index (χ3v) is 4.12. The average Bonchev–Trinajstić information content (AvgIpc) is 2.69. The highest BCUT2D eigenvalue weighted by atomic mass is 16.7. The van der Waals surface area contributed by atoms with Crippen LogP contribution >= 0.6 is 0 Å². The first-order valence-corrected chi connectivity index (χ1v) is 9.35. The molecule has 0 aliphatic carbocycles. The zero-order valence-electron chi connectivity index (χ0n) is 17.1. The van der Waals surface area contributed by atoms with Gasteiger partial charge in [0.05, 0.1) is 12.8 Å². The fourth-order valence-corrected chi connectivity index (χ4v) is 2.70. The number of rotatable bonds is 11. The summed E-state index contributed by atoms with van der Waals surface area (Å²) in [6.07, 6.45) is 6.44. The Morgan fingerprint density at radius 1 is 1.00 bits per heavy atom. The summed E-state index contributed by atoms with van der Waals surface area (Å²) in [6.45, 7) is 7.38. The van der Waals surface area contributed by atoms with Crippen molar-refractivity contribution in [1.82, 2.24) is 0 Å². The number of hydrogen-bond donors (Lipinski definition) is 0. The molecule has 150 valence electrons. The first kappa shape index (κ1) is 21.5. The Kier molecular flexibility index (Phi) is 9.08. The molecule has 0 N–H and O–H groups in total. The number of aryl methyl sites for hydroxylation is 2. The van der Waals surface area contributed by atoms with Crippen molar-refractivity contribution in [2.24, 2.45) is 5.16 Å². The summed E-state index contributed by atoms with van der Waals surface area (Å²) in [5.74, 6) is 1.69. The standard InChI is InChI=1S/C23H29NO4/c1-5-6-12-27-22-14-18(2)23(19(3)15-22)28-17-26-13-11-20-7-9-21(10-8-20)16-24-25-4/h5-10,14-16H,11-13,17H2,1-4H3/b6-5+,24-16?. The number of ether oxygens (including phenoxy) is 3. The number of oxime groups is 1. The van der Waals surface area contributed by atoms with E-state index in [0.717, 1.165) is 34.6 Å². The van der Waals surface area contributed by atoms with E-state index in [1.807, 2.05) is 57.2 Å². The zero-order chi connectivity index (χ0) is 20.2. The van der Waals surface area contributed by atoms with Crippen molar-refractivity contribution in [1.29, 1.82) is 0 Å². The third-order valence-electron chi connectivity index (χ3n) is 4.12. The monoisotopic (exact) mass is 383 g/mol. The quantitative estimate of drug-likeness (QED) is 0.183. The summed E-state index contributed by atoms with van der Waals surface area (Å²) in [4.78, 5) is 4.68. The lowest BCUT2D eigenvalue weighted by Crippen LogP contribution is -2.08. The van der Waals surface area contributed by atoms with E-state index in [4.69, 9.17) is 14.2 Å². The van der Waals surface area contributed by atoms with Gasteiger partial charge in [-0.3, -0.25) is 0 Å². The van der Waals surface area contributed by atoms with Crippen LogP contribution in [-0.2, 0) is 16.0 Å². The van der Waals surface area contributed by atoms with Crippen LogP contribution in [0.3, 0.4) is 0 Å². The van der Waals surface area contributed by atoms with E-state index < -0.39 is 0 Å². The molecular weight excluding hydrogens is 354 g/mol. The summed E-state index contributed by atoms with van der Waals surface area (Å²) >= 11 is 0. The minimum absolute atomic E-state index is 0.221. The van der Waals surface area contributed by atoms with Crippen molar-refractivity contribution in [2.45, 2.75) is 27.2 Å². The molecule has 0 bridgehead atoms. The maximum Gasteiger partial charge on any atom is 0.189 e. The minimum Gasteiger partial charge on any atom is -0.490 e. The van der Waals surface area contributed by atoms with Gasteiger partial charge in [-0.05, 0) is 61.6 Å². The molecular formula is C23H29NO4. The normalized spacial score (nSPS) is 11.3. The molecule has 0 saturated carbocycles. The van der Waals surface area contributed by atoms with Crippen LogP contribution in [0.5, 0.6) is 11.5 Å².